The Labute approximate surface area is 99.3 Å². The van der Waals surface area contributed by atoms with Gasteiger partial charge in [0.2, 0.25) is 5.91 Å². The fourth-order valence-corrected chi connectivity index (χ4v) is 2.70. The molecule has 2 rings (SSSR count). The van der Waals surface area contributed by atoms with Gasteiger partial charge < -0.3 is 11.1 Å². The van der Waals surface area contributed by atoms with Crippen molar-refractivity contribution in [2.75, 3.05) is 0 Å². The minimum absolute atomic E-state index is 0.0929. The van der Waals surface area contributed by atoms with Crippen molar-refractivity contribution in [3.8, 4) is 0 Å². The zero-order chi connectivity index (χ0) is 11.4. The lowest BCUT2D eigenvalue weighted by molar-refractivity contribution is -0.122. The van der Waals surface area contributed by atoms with E-state index in [2.05, 4.69) is 10.3 Å². The van der Waals surface area contributed by atoms with Gasteiger partial charge in [-0.25, -0.2) is 4.98 Å². The molecule has 0 aromatic carbocycles. The van der Waals surface area contributed by atoms with E-state index in [4.69, 9.17) is 5.73 Å². The lowest BCUT2D eigenvalue weighted by atomic mass is 10.00. The Morgan fingerprint density at radius 3 is 3.12 bits per heavy atom. The molecule has 1 aliphatic rings. The third-order valence-electron chi connectivity index (χ3n) is 3.12. The lowest BCUT2D eigenvalue weighted by Crippen LogP contribution is -2.31. The van der Waals surface area contributed by atoms with Crippen molar-refractivity contribution in [3.63, 3.8) is 0 Å². The number of amides is 1. The zero-order valence-corrected chi connectivity index (χ0v) is 10.0. The van der Waals surface area contributed by atoms with Gasteiger partial charge in [0.15, 0.2) is 0 Å². The van der Waals surface area contributed by atoms with E-state index in [0.717, 1.165) is 25.0 Å². The third-order valence-corrected chi connectivity index (χ3v) is 3.75. The van der Waals surface area contributed by atoms with Gasteiger partial charge in [-0.05, 0) is 18.8 Å². The number of thiazole rings is 1. The van der Waals surface area contributed by atoms with Crippen molar-refractivity contribution < 1.29 is 4.79 Å². The summed E-state index contributed by atoms with van der Waals surface area (Å²) < 4.78 is 0. The van der Waals surface area contributed by atoms with Crippen LogP contribution in [-0.4, -0.2) is 16.9 Å². The molecular weight excluding hydrogens is 222 g/mol. The van der Waals surface area contributed by atoms with Gasteiger partial charge in [0, 0.05) is 17.8 Å². The Kier molecular flexibility index (Phi) is 3.90. The van der Waals surface area contributed by atoms with Crippen LogP contribution >= 0.6 is 11.3 Å². The van der Waals surface area contributed by atoms with Crippen LogP contribution in [0.4, 0.5) is 0 Å². The first-order chi connectivity index (χ1) is 7.75. The molecule has 2 atom stereocenters. The van der Waals surface area contributed by atoms with Crippen LogP contribution in [0, 0.1) is 5.92 Å². The van der Waals surface area contributed by atoms with Crippen molar-refractivity contribution in [1.29, 1.82) is 0 Å². The van der Waals surface area contributed by atoms with E-state index in [-0.39, 0.29) is 11.9 Å². The minimum atomic E-state index is 0.0929. The van der Waals surface area contributed by atoms with Gasteiger partial charge in [-0.1, -0.05) is 6.42 Å². The van der Waals surface area contributed by atoms with Gasteiger partial charge in [-0.3, -0.25) is 4.79 Å². The van der Waals surface area contributed by atoms with Gasteiger partial charge in [0.25, 0.3) is 0 Å². The lowest BCUT2D eigenvalue weighted by Gasteiger charge is -2.14. The van der Waals surface area contributed by atoms with E-state index in [9.17, 15) is 4.79 Å². The molecule has 0 radical (unpaired) electrons. The summed E-state index contributed by atoms with van der Waals surface area (Å²) in [5.41, 5.74) is 8.62. The fraction of sp³-hybridized carbons (Fsp3) is 0.636. The molecule has 0 aliphatic heterocycles. The molecule has 4 nitrogen and oxygen atoms in total. The summed E-state index contributed by atoms with van der Waals surface area (Å²) in [7, 11) is 0. The maximum Gasteiger partial charge on any atom is 0.220 e. The Hall–Kier alpha value is -0.940. The second-order valence-corrected chi connectivity index (χ2v) is 5.03. The maximum atomic E-state index is 11.6. The molecule has 1 aliphatic carbocycles. The largest absolute Gasteiger partial charge is 0.350 e. The molecular formula is C11H17N3OS. The van der Waals surface area contributed by atoms with Crippen LogP contribution in [0.5, 0.6) is 0 Å². The average Bonchev–Trinajstić information content (AvgIpc) is 2.88. The van der Waals surface area contributed by atoms with E-state index in [0.29, 0.717) is 18.9 Å². The molecule has 1 saturated carbocycles. The van der Waals surface area contributed by atoms with Crippen molar-refractivity contribution in [3.05, 3.63) is 16.6 Å². The molecule has 3 N–H and O–H groups in total. The third kappa shape index (κ3) is 3.02. The van der Waals surface area contributed by atoms with Crippen molar-refractivity contribution in [2.24, 2.45) is 11.7 Å². The Morgan fingerprint density at radius 1 is 1.62 bits per heavy atom. The maximum absolute atomic E-state index is 11.6. The van der Waals surface area contributed by atoms with Crippen LogP contribution in [-0.2, 0) is 11.3 Å². The number of rotatable bonds is 4. The van der Waals surface area contributed by atoms with Crippen molar-refractivity contribution >= 4 is 17.2 Å². The highest BCUT2D eigenvalue weighted by molar-refractivity contribution is 7.07. The highest BCUT2D eigenvalue weighted by Crippen LogP contribution is 2.26. The molecule has 0 bridgehead atoms. The quantitative estimate of drug-likeness (QED) is 0.831. The Bertz CT molecular complexity index is 339. The van der Waals surface area contributed by atoms with E-state index < -0.39 is 0 Å². The predicted molar refractivity (Wildman–Crippen MR) is 63.9 cm³/mol. The number of nitrogens with zero attached hydrogens (tertiary/aromatic N) is 1. The van der Waals surface area contributed by atoms with Crippen LogP contribution in [0.15, 0.2) is 10.9 Å². The molecule has 1 aromatic rings. The molecule has 1 fully saturated rings. The standard InChI is InChI=1S/C11H17N3OS/c12-10-3-1-2-8(10)4-11(15)13-5-9-6-16-7-14-9/h6-8,10H,1-5,12H2,(H,13,15)/t8-,10+/m0/s1. The monoisotopic (exact) mass is 239 g/mol. The van der Waals surface area contributed by atoms with Crippen LogP contribution in [0.25, 0.3) is 0 Å². The van der Waals surface area contributed by atoms with E-state index in [1.165, 1.54) is 0 Å². The van der Waals surface area contributed by atoms with Gasteiger partial charge in [-0.2, -0.15) is 0 Å². The Morgan fingerprint density at radius 2 is 2.50 bits per heavy atom. The number of nitrogens with one attached hydrogen (secondary N) is 1. The molecule has 1 heterocycles. The average molecular weight is 239 g/mol. The SMILES string of the molecule is N[C@@H]1CCC[C@H]1CC(=O)NCc1cscn1. The topological polar surface area (TPSA) is 68.0 Å². The fourth-order valence-electron chi connectivity index (χ4n) is 2.14. The highest BCUT2D eigenvalue weighted by atomic mass is 32.1. The molecule has 0 spiro atoms. The smallest absolute Gasteiger partial charge is 0.220 e. The zero-order valence-electron chi connectivity index (χ0n) is 9.19. The molecule has 0 saturated heterocycles. The summed E-state index contributed by atoms with van der Waals surface area (Å²) in [5, 5.41) is 4.83. The van der Waals surface area contributed by atoms with E-state index >= 15 is 0 Å². The van der Waals surface area contributed by atoms with Crippen molar-refractivity contribution in [2.45, 2.75) is 38.3 Å². The van der Waals surface area contributed by atoms with E-state index in [1.54, 1.807) is 16.8 Å². The minimum Gasteiger partial charge on any atom is -0.350 e. The normalized spacial score (nSPS) is 24.6. The van der Waals surface area contributed by atoms with Gasteiger partial charge in [-0.15, -0.1) is 11.3 Å². The molecule has 1 aromatic heterocycles. The van der Waals surface area contributed by atoms with Gasteiger partial charge >= 0.3 is 0 Å². The van der Waals surface area contributed by atoms with Crippen LogP contribution in [0.2, 0.25) is 0 Å². The number of carbonyl (C=O) groups is 1. The summed E-state index contributed by atoms with van der Waals surface area (Å²) in [4.78, 5) is 15.8. The number of nitrogens with two attached hydrogens (primary N) is 1. The van der Waals surface area contributed by atoms with Crippen LogP contribution < -0.4 is 11.1 Å². The summed E-state index contributed by atoms with van der Waals surface area (Å²) in [5.74, 6) is 0.464. The van der Waals surface area contributed by atoms with Gasteiger partial charge in [0.05, 0.1) is 17.7 Å². The first-order valence-corrected chi connectivity index (χ1v) is 6.59. The number of aromatic nitrogens is 1. The van der Waals surface area contributed by atoms with Gasteiger partial charge in [0.1, 0.15) is 0 Å². The Balaban J connectivity index is 1.72. The molecule has 5 heteroatoms. The summed E-state index contributed by atoms with van der Waals surface area (Å²) in [6, 6.07) is 0.213. The number of carbonyl (C=O) groups excluding carboxylic acids is 1. The predicted octanol–water partition coefficient (Wildman–Crippen LogP) is 1.28. The second kappa shape index (κ2) is 5.41. The summed E-state index contributed by atoms with van der Waals surface area (Å²) in [6.07, 6.45) is 3.87. The molecule has 16 heavy (non-hydrogen) atoms. The number of hydrogen-bond acceptors (Lipinski definition) is 4. The molecule has 88 valence electrons. The number of hydrogen-bond donors (Lipinski definition) is 2. The molecule has 0 unspecified atom stereocenters. The molecule has 1 amide bonds. The first kappa shape index (κ1) is 11.5. The van der Waals surface area contributed by atoms with Crippen LogP contribution in [0.3, 0.4) is 0 Å². The van der Waals surface area contributed by atoms with Crippen LogP contribution in [0.1, 0.15) is 31.4 Å². The van der Waals surface area contributed by atoms with Crippen molar-refractivity contribution in [1.82, 2.24) is 10.3 Å². The summed E-state index contributed by atoms with van der Waals surface area (Å²) >= 11 is 1.54. The summed E-state index contributed by atoms with van der Waals surface area (Å²) in [6.45, 7) is 0.532. The highest BCUT2D eigenvalue weighted by Gasteiger charge is 2.25. The first-order valence-electron chi connectivity index (χ1n) is 5.65. The van der Waals surface area contributed by atoms with E-state index in [1.807, 2.05) is 5.38 Å². The second-order valence-electron chi connectivity index (χ2n) is 4.32.